The molecule has 11 aromatic rings. The molecular weight excluding hydrogens is 761 g/mol. The van der Waals surface area contributed by atoms with Gasteiger partial charge in [-0.2, -0.15) is 0 Å². The lowest BCUT2D eigenvalue weighted by molar-refractivity contribution is 0.926. The molecule has 11 rings (SSSR count). The Morgan fingerprint density at radius 1 is 0.306 bits per heavy atom. The van der Waals surface area contributed by atoms with E-state index in [4.69, 9.17) is 19.9 Å². The molecule has 0 spiro atoms. The molecule has 0 N–H and O–H groups in total. The molecule has 0 amide bonds. The number of hydrogen-bond acceptors (Lipinski definition) is 6. The molecule has 4 aromatic heterocycles. The van der Waals surface area contributed by atoms with E-state index in [0.29, 0.717) is 34.9 Å². The molecule has 298 valence electrons. The minimum absolute atomic E-state index is 0.643. The fourth-order valence-electron chi connectivity index (χ4n) is 9.22. The van der Waals surface area contributed by atoms with Crippen LogP contribution in [-0.2, 0) is 0 Å². The molecule has 0 radical (unpaired) electrons. The van der Waals surface area contributed by atoms with Gasteiger partial charge in [-0.25, -0.2) is 29.9 Å². The minimum atomic E-state index is 0.643. The Labute approximate surface area is 359 Å². The minimum Gasteiger partial charge on any atom is -0.309 e. The predicted octanol–water partition coefficient (Wildman–Crippen LogP) is 12.8. The Balaban J connectivity index is 1.09. The number of aromatic nitrogens is 8. The van der Waals surface area contributed by atoms with Gasteiger partial charge in [-0.1, -0.05) is 90.0 Å². The van der Waals surface area contributed by atoms with E-state index >= 15 is 0 Å². The number of hydrogen-bond donors (Lipinski definition) is 0. The predicted molar refractivity (Wildman–Crippen MR) is 252 cm³/mol. The first-order valence-corrected chi connectivity index (χ1v) is 21.0. The normalized spacial score (nSPS) is 11.7. The first-order chi connectivity index (χ1) is 30.2. The first-order valence-electron chi connectivity index (χ1n) is 21.0. The summed E-state index contributed by atoms with van der Waals surface area (Å²) in [6, 6.07) is 52.6. The van der Waals surface area contributed by atoms with E-state index in [1.54, 1.807) is 0 Å². The summed E-state index contributed by atoms with van der Waals surface area (Å²) >= 11 is 0. The van der Waals surface area contributed by atoms with Gasteiger partial charge in [0, 0.05) is 32.7 Å². The number of aryl methyl sites for hydroxylation is 6. The number of fused-ring (bicyclic) bond motifs is 6. The molecular formula is C54H42N8. The maximum Gasteiger partial charge on any atom is 0.165 e. The van der Waals surface area contributed by atoms with Gasteiger partial charge in [0.15, 0.2) is 11.6 Å². The average Bonchev–Trinajstić information content (AvgIpc) is 3.77. The largest absolute Gasteiger partial charge is 0.309 e. The Morgan fingerprint density at radius 2 is 0.694 bits per heavy atom. The highest BCUT2D eigenvalue weighted by Crippen LogP contribution is 2.40. The molecule has 0 unspecified atom stereocenters. The summed E-state index contributed by atoms with van der Waals surface area (Å²) in [5.74, 6) is 4.02. The van der Waals surface area contributed by atoms with E-state index in [2.05, 4.69) is 179 Å². The summed E-state index contributed by atoms with van der Waals surface area (Å²) in [6.45, 7) is 12.0. The van der Waals surface area contributed by atoms with Gasteiger partial charge in [0.1, 0.15) is 23.3 Å². The average molecular weight is 803 g/mol. The maximum atomic E-state index is 4.92. The maximum absolute atomic E-state index is 4.92. The first kappa shape index (κ1) is 37.2. The number of para-hydroxylation sites is 2. The Bertz CT molecular complexity index is 3340. The van der Waals surface area contributed by atoms with E-state index < -0.39 is 0 Å². The fraction of sp³-hybridized carbons (Fsp3) is 0.111. The van der Waals surface area contributed by atoms with Gasteiger partial charge in [-0.05, 0) is 131 Å². The summed E-state index contributed by atoms with van der Waals surface area (Å²) in [5, 5.41) is 4.84. The molecule has 0 bridgehead atoms. The highest BCUT2D eigenvalue weighted by atomic mass is 15.1. The number of nitrogens with zero attached hydrogens (tertiary/aromatic N) is 8. The lowest BCUT2D eigenvalue weighted by Gasteiger charge is -2.17. The molecule has 0 atom stereocenters. The standard InChI is InChI=1S/C54H42N8/c1-31-18-22-49-43(26-31)41-14-7-9-16-47(41)61(49)51-24-20-39(29-45(51)53-57-33(3)55-34(4)58-53)37-12-11-13-38(28-37)40-21-25-52(46(30-40)54-59-35(5)56-36(6)60-54)62-48-17-10-8-15-42(48)44-27-32(2)19-23-50(44)62/h7-30H,1-6H3. The lowest BCUT2D eigenvalue weighted by Crippen LogP contribution is -2.04. The summed E-state index contributed by atoms with van der Waals surface area (Å²) in [6.07, 6.45) is 0. The second-order valence-corrected chi connectivity index (χ2v) is 16.3. The van der Waals surface area contributed by atoms with Gasteiger partial charge in [0.2, 0.25) is 0 Å². The van der Waals surface area contributed by atoms with Crippen molar-refractivity contribution in [2.45, 2.75) is 41.5 Å². The van der Waals surface area contributed by atoms with Crippen LogP contribution in [0.4, 0.5) is 0 Å². The van der Waals surface area contributed by atoms with Gasteiger partial charge >= 0.3 is 0 Å². The molecule has 0 aliphatic rings. The van der Waals surface area contributed by atoms with Crippen molar-refractivity contribution < 1.29 is 0 Å². The van der Waals surface area contributed by atoms with Gasteiger partial charge in [-0.15, -0.1) is 0 Å². The molecule has 0 aliphatic carbocycles. The number of benzene rings is 7. The van der Waals surface area contributed by atoms with E-state index in [9.17, 15) is 0 Å². The van der Waals surface area contributed by atoms with Crippen LogP contribution < -0.4 is 0 Å². The summed E-state index contributed by atoms with van der Waals surface area (Å²) in [5.41, 5.74) is 15.1. The third-order valence-corrected chi connectivity index (χ3v) is 11.9. The number of rotatable bonds is 6. The van der Waals surface area contributed by atoms with E-state index in [1.165, 1.54) is 32.7 Å². The van der Waals surface area contributed by atoms with Crippen LogP contribution in [0.25, 0.3) is 100 Å². The van der Waals surface area contributed by atoms with Crippen LogP contribution in [0.1, 0.15) is 34.4 Å². The van der Waals surface area contributed by atoms with Crippen molar-refractivity contribution in [2.24, 2.45) is 0 Å². The Hall–Kier alpha value is -7.84. The molecule has 4 heterocycles. The monoisotopic (exact) mass is 802 g/mol. The highest BCUT2D eigenvalue weighted by Gasteiger charge is 2.21. The van der Waals surface area contributed by atoms with Gasteiger partial charge in [0.05, 0.1) is 33.4 Å². The molecule has 8 heteroatoms. The van der Waals surface area contributed by atoms with Crippen LogP contribution >= 0.6 is 0 Å². The van der Waals surface area contributed by atoms with Crippen LogP contribution in [0.3, 0.4) is 0 Å². The molecule has 0 saturated heterocycles. The van der Waals surface area contributed by atoms with Crippen LogP contribution in [0.15, 0.2) is 146 Å². The summed E-state index contributed by atoms with van der Waals surface area (Å²) in [7, 11) is 0. The Kier molecular flexibility index (Phi) is 8.65. The van der Waals surface area contributed by atoms with Crippen LogP contribution in [-0.4, -0.2) is 39.0 Å². The van der Waals surface area contributed by atoms with E-state index in [0.717, 1.165) is 66.8 Å². The molecule has 8 nitrogen and oxygen atoms in total. The molecule has 7 aromatic carbocycles. The molecule has 0 saturated carbocycles. The SMILES string of the molecule is Cc1ccc2c(c1)c1ccccc1n2-c1ccc(-c2cccc(-c3ccc(-n4c5ccccc5c5cc(C)ccc54)c(-c4nc(C)nc(C)n4)c3)c2)cc1-c1nc(C)nc(C)n1. The van der Waals surface area contributed by atoms with Crippen molar-refractivity contribution in [3.63, 3.8) is 0 Å². The van der Waals surface area contributed by atoms with Crippen LogP contribution in [0.5, 0.6) is 0 Å². The highest BCUT2D eigenvalue weighted by molar-refractivity contribution is 6.11. The van der Waals surface area contributed by atoms with Gasteiger partial charge in [0.25, 0.3) is 0 Å². The van der Waals surface area contributed by atoms with Crippen LogP contribution in [0.2, 0.25) is 0 Å². The van der Waals surface area contributed by atoms with Crippen LogP contribution in [0, 0.1) is 41.5 Å². The lowest BCUT2D eigenvalue weighted by atomic mass is 9.95. The van der Waals surface area contributed by atoms with Crippen molar-refractivity contribution in [3.8, 4) is 56.4 Å². The zero-order chi connectivity index (χ0) is 42.2. The topological polar surface area (TPSA) is 87.2 Å². The van der Waals surface area contributed by atoms with E-state index in [1.807, 2.05) is 27.7 Å². The van der Waals surface area contributed by atoms with Gasteiger partial charge in [-0.3, -0.25) is 0 Å². The second-order valence-electron chi connectivity index (χ2n) is 16.3. The molecule has 0 aliphatic heterocycles. The van der Waals surface area contributed by atoms with Crippen molar-refractivity contribution in [1.82, 2.24) is 39.0 Å². The van der Waals surface area contributed by atoms with Crippen molar-refractivity contribution >= 4 is 43.6 Å². The van der Waals surface area contributed by atoms with Crippen molar-refractivity contribution in [2.75, 3.05) is 0 Å². The third-order valence-electron chi connectivity index (χ3n) is 11.9. The van der Waals surface area contributed by atoms with Gasteiger partial charge < -0.3 is 9.13 Å². The zero-order valence-corrected chi connectivity index (χ0v) is 35.4. The summed E-state index contributed by atoms with van der Waals surface area (Å²) < 4.78 is 4.69. The quantitative estimate of drug-likeness (QED) is 0.166. The third kappa shape index (κ3) is 6.22. The molecule has 62 heavy (non-hydrogen) atoms. The van der Waals surface area contributed by atoms with Crippen molar-refractivity contribution in [1.29, 1.82) is 0 Å². The Morgan fingerprint density at radius 3 is 1.13 bits per heavy atom. The smallest absolute Gasteiger partial charge is 0.165 e. The zero-order valence-electron chi connectivity index (χ0n) is 35.4. The van der Waals surface area contributed by atoms with Crippen molar-refractivity contribution in [3.05, 3.63) is 180 Å². The summed E-state index contributed by atoms with van der Waals surface area (Å²) in [4.78, 5) is 28.7. The second kappa shape index (κ2) is 14.4. The fourth-order valence-corrected chi connectivity index (χ4v) is 9.22. The van der Waals surface area contributed by atoms with E-state index in [-0.39, 0.29) is 0 Å². The molecule has 0 fully saturated rings.